The molecule has 0 bridgehead atoms. The SMILES string of the molecule is Cc1ccc(OC(F)F)c(CNC(=O)c2n[nH]nc2C2CC2)c1. The van der Waals surface area contributed by atoms with Crippen LogP contribution in [-0.2, 0) is 6.54 Å². The van der Waals surface area contributed by atoms with Gasteiger partial charge in [-0.05, 0) is 25.8 Å². The number of ether oxygens (including phenoxy) is 1. The largest absolute Gasteiger partial charge is 0.434 e. The molecule has 1 aromatic heterocycles. The first-order chi connectivity index (χ1) is 11.0. The van der Waals surface area contributed by atoms with E-state index in [-0.39, 0.29) is 29.8 Å². The Bertz CT molecular complexity index is 713. The molecule has 122 valence electrons. The summed E-state index contributed by atoms with van der Waals surface area (Å²) in [4.78, 5) is 12.2. The van der Waals surface area contributed by atoms with E-state index in [1.54, 1.807) is 12.1 Å². The zero-order valence-electron chi connectivity index (χ0n) is 12.5. The molecule has 1 heterocycles. The Balaban J connectivity index is 1.71. The molecule has 0 spiro atoms. The van der Waals surface area contributed by atoms with E-state index in [4.69, 9.17) is 0 Å². The fourth-order valence-electron chi connectivity index (χ4n) is 2.36. The van der Waals surface area contributed by atoms with E-state index in [9.17, 15) is 13.6 Å². The number of alkyl halides is 2. The fourth-order valence-corrected chi connectivity index (χ4v) is 2.36. The van der Waals surface area contributed by atoms with Crippen LogP contribution >= 0.6 is 0 Å². The number of rotatable bonds is 6. The van der Waals surface area contributed by atoms with Gasteiger partial charge in [-0.3, -0.25) is 4.79 Å². The number of aromatic amines is 1. The lowest BCUT2D eigenvalue weighted by Gasteiger charge is -2.12. The summed E-state index contributed by atoms with van der Waals surface area (Å²) in [5.74, 6) is -0.0511. The maximum Gasteiger partial charge on any atom is 0.387 e. The lowest BCUT2D eigenvalue weighted by Crippen LogP contribution is -2.24. The third-order valence-electron chi connectivity index (χ3n) is 3.63. The van der Waals surface area contributed by atoms with E-state index in [1.807, 2.05) is 6.92 Å². The van der Waals surface area contributed by atoms with Crippen molar-refractivity contribution in [3.63, 3.8) is 0 Å². The molecule has 6 nitrogen and oxygen atoms in total. The van der Waals surface area contributed by atoms with E-state index in [0.29, 0.717) is 11.3 Å². The summed E-state index contributed by atoms with van der Waals surface area (Å²) in [7, 11) is 0. The van der Waals surface area contributed by atoms with Crippen LogP contribution in [0.2, 0.25) is 0 Å². The van der Waals surface area contributed by atoms with Crippen LogP contribution in [-0.4, -0.2) is 27.9 Å². The number of hydrogen-bond donors (Lipinski definition) is 2. The minimum absolute atomic E-state index is 0.0495. The van der Waals surface area contributed by atoms with Crippen molar-refractivity contribution in [2.45, 2.75) is 38.8 Å². The average molecular weight is 322 g/mol. The Morgan fingerprint density at radius 1 is 1.43 bits per heavy atom. The average Bonchev–Trinajstić information content (AvgIpc) is 3.23. The Morgan fingerprint density at radius 3 is 2.91 bits per heavy atom. The molecule has 0 atom stereocenters. The first kappa shape index (κ1) is 15.4. The van der Waals surface area contributed by atoms with Crippen LogP contribution in [0.3, 0.4) is 0 Å². The number of hydrogen-bond acceptors (Lipinski definition) is 4. The minimum Gasteiger partial charge on any atom is -0.434 e. The second kappa shape index (κ2) is 6.31. The number of aromatic nitrogens is 3. The van der Waals surface area contributed by atoms with Gasteiger partial charge in [-0.25, -0.2) is 0 Å². The molecule has 0 radical (unpaired) electrons. The summed E-state index contributed by atoms with van der Waals surface area (Å²) in [6, 6.07) is 4.84. The van der Waals surface area contributed by atoms with Crippen LogP contribution in [0.15, 0.2) is 18.2 Å². The number of H-pyrrole nitrogens is 1. The number of nitrogens with zero attached hydrogens (tertiary/aromatic N) is 2. The molecule has 23 heavy (non-hydrogen) atoms. The molecule has 3 rings (SSSR count). The molecule has 1 aromatic carbocycles. The van der Waals surface area contributed by atoms with Crippen molar-refractivity contribution in [1.82, 2.24) is 20.7 Å². The molecular formula is C15H16F2N4O2. The smallest absolute Gasteiger partial charge is 0.387 e. The molecule has 8 heteroatoms. The number of carbonyl (C=O) groups is 1. The van der Waals surface area contributed by atoms with Gasteiger partial charge in [0.1, 0.15) is 5.75 Å². The molecular weight excluding hydrogens is 306 g/mol. The van der Waals surface area contributed by atoms with Crippen molar-refractivity contribution >= 4 is 5.91 Å². The van der Waals surface area contributed by atoms with Crippen molar-refractivity contribution in [1.29, 1.82) is 0 Å². The highest BCUT2D eigenvalue weighted by molar-refractivity contribution is 5.93. The Hall–Kier alpha value is -2.51. The topological polar surface area (TPSA) is 79.9 Å². The molecule has 1 aliphatic rings. The van der Waals surface area contributed by atoms with Gasteiger partial charge in [-0.15, -0.1) is 0 Å². The lowest BCUT2D eigenvalue weighted by atomic mass is 10.1. The van der Waals surface area contributed by atoms with Crippen LogP contribution in [0.1, 0.15) is 46.1 Å². The number of nitrogens with one attached hydrogen (secondary N) is 2. The van der Waals surface area contributed by atoms with Crippen molar-refractivity contribution in [3.05, 3.63) is 40.7 Å². The van der Waals surface area contributed by atoms with Gasteiger partial charge in [0.15, 0.2) is 5.69 Å². The second-order valence-electron chi connectivity index (χ2n) is 5.50. The molecule has 0 aliphatic heterocycles. The quantitative estimate of drug-likeness (QED) is 0.856. The zero-order valence-corrected chi connectivity index (χ0v) is 12.5. The van der Waals surface area contributed by atoms with Crippen molar-refractivity contribution in [2.75, 3.05) is 0 Å². The van der Waals surface area contributed by atoms with Gasteiger partial charge in [0.05, 0.1) is 5.69 Å². The van der Waals surface area contributed by atoms with Gasteiger partial charge in [-0.1, -0.05) is 17.7 Å². The summed E-state index contributed by atoms with van der Waals surface area (Å²) in [5, 5.41) is 13.0. The van der Waals surface area contributed by atoms with E-state index in [0.717, 1.165) is 18.4 Å². The molecule has 0 saturated heterocycles. The van der Waals surface area contributed by atoms with Gasteiger partial charge < -0.3 is 10.1 Å². The molecule has 2 N–H and O–H groups in total. The summed E-state index contributed by atoms with van der Waals surface area (Å²) in [6.07, 6.45) is 1.99. The van der Waals surface area contributed by atoms with Gasteiger partial charge in [0.2, 0.25) is 0 Å². The third kappa shape index (κ3) is 3.64. The van der Waals surface area contributed by atoms with Gasteiger partial charge in [0, 0.05) is 18.0 Å². The van der Waals surface area contributed by atoms with Crippen LogP contribution in [0.4, 0.5) is 8.78 Å². The second-order valence-corrected chi connectivity index (χ2v) is 5.50. The zero-order chi connectivity index (χ0) is 16.4. The van der Waals surface area contributed by atoms with Crippen LogP contribution < -0.4 is 10.1 Å². The first-order valence-corrected chi connectivity index (χ1v) is 7.28. The number of benzene rings is 1. The van der Waals surface area contributed by atoms with Crippen LogP contribution in [0, 0.1) is 6.92 Å². The standard InChI is InChI=1S/C15H16F2N4O2/c1-8-2-5-11(23-15(16)17)10(6-8)7-18-14(22)13-12(9-3-4-9)19-21-20-13/h2,5-6,9,15H,3-4,7H2,1H3,(H,18,22)(H,19,20,21). The first-order valence-electron chi connectivity index (χ1n) is 7.28. The van der Waals surface area contributed by atoms with E-state index in [1.165, 1.54) is 6.07 Å². The Labute approximate surface area is 131 Å². The maximum atomic E-state index is 12.4. The van der Waals surface area contributed by atoms with E-state index < -0.39 is 6.61 Å². The van der Waals surface area contributed by atoms with Crippen molar-refractivity contribution in [2.24, 2.45) is 0 Å². The van der Waals surface area contributed by atoms with Gasteiger partial charge >= 0.3 is 6.61 Å². The van der Waals surface area contributed by atoms with Crippen molar-refractivity contribution < 1.29 is 18.3 Å². The summed E-state index contributed by atoms with van der Waals surface area (Å²) >= 11 is 0. The fraction of sp³-hybridized carbons (Fsp3) is 0.400. The summed E-state index contributed by atoms with van der Waals surface area (Å²) < 4.78 is 29.4. The third-order valence-corrected chi connectivity index (χ3v) is 3.63. The van der Waals surface area contributed by atoms with E-state index in [2.05, 4.69) is 25.5 Å². The minimum atomic E-state index is -2.91. The van der Waals surface area contributed by atoms with Crippen molar-refractivity contribution in [3.8, 4) is 5.75 Å². The monoisotopic (exact) mass is 322 g/mol. The maximum absolute atomic E-state index is 12.4. The Morgan fingerprint density at radius 2 is 2.22 bits per heavy atom. The predicted molar refractivity (Wildman–Crippen MR) is 77.3 cm³/mol. The Kier molecular flexibility index (Phi) is 4.22. The predicted octanol–water partition coefficient (Wildman–Crippen LogP) is 2.52. The van der Waals surface area contributed by atoms with E-state index >= 15 is 0 Å². The number of halogens is 2. The van der Waals surface area contributed by atoms with Gasteiger partial charge in [0.25, 0.3) is 5.91 Å². The van der Waals surface area contributed by atoms with Gasteiger partial charge in [-0.2, -0.15) is 24.2 Å². The summed E-state index contributed by atoms with van der Waals surface area (Å²) in [6.45, 7) is -1.01. The molecule has 1 saturated carbocycles. The molecule has 1 fully saturated rings. The summed E-state index contributed by atoms with van der Waals surface area (Å²) in [5.41, 5.74) is 2.29. The highest BCUT2D eigenvalue weighted by atomic mass is 19.3. The normalized spacial score (nSPS) is 14.1. The van der Waals surface area contributed by atoms with Crippen LogP contribution in [0.5, 0.6) is 5.75 Å². The molecule has 2 aromatic rings. The highest BCUT2D eigenvalue weighted by Crippen LogP contribution is 2.39. The molecule has 1 amide bonds. The lowest BCUT2D eigenvalue weighted by molar-refractivity contribution is -0.0504. The number of amides is 1. The molecule has 1 aliphatic carbocycles. The number of carbonyl (C=O) groups excluding carboxylic acids is 1. The number of aryl methyl sites for hydroxylation is 1. The van der Waals surface area contributed by atoms with Crippen LogP contribution in [0.25, 0.3) is 0 Å². The highest BCUT2D eigenvalue weighted by Gasteiger charge is 2.31. The molecule has 0 unspecified atom stereocenters.